The van der Waals surface area contributed by atoms with Gasteiger partial charge in [-0.25, -0.2) is 9.89 Å². The molecule has 0 saturated carbocycles. The standard InChI is InChI=1S/C22H22N4O2S/c1-13(2)19-21(28)26-20(25-19)15-9-5-7-11-17(15)24-22(26)29-12-18(27)23-16-10-6-4-8-14(16)3/h4-11,13,19H,12H2,1-3H3,(H,23,27)/t19-/m1/s1. The monoisotopic (exact) mass is 406 g/mol. The summed E-state index contributed by atoms with van der Waals surface area (Å²) in [6.07, 6.45) is 0. The van der Waals surface area contributed by atoms with E-state index in [1.165, 1.54) is 11.8 Å². The molecule has 2 aliphatic rings. The Morgan fingerprint density at radius 2 is 1.90 bits per heavy atom. The number of amides is 2. The van der Waals surface area contributed by atoms with Crippen LogP contribution in [0.2, 0.25) is 0 Å². The summed E-state index contributed by atoms with van der Waals surface area (Å²) in [4.78, 5) is 36.4. The van der Waals surface area contributed by atoms with Gasteiger partial charge < -0.3 is 5.32 Å². The van der Waals surface area contributed by atoms with E-state index in [0.29, 0.717) is 11.0 Å². The van der Waals surface area contributed by atoms with Crippen molar-refractivity contribution in [2.24, 2.45) is 15.9 Å². The van der Waals surface area contributed by atoms with E-state index in [1.807, 2.05) is 69.3 Å². The van der Waals surface area contributed by atoms with Gasteiger partial charge in [0.05, 0.1) is 11.4 Å². The molecule has 0 radical (unpaired) electrons. The Morgan fingerprint density at radius 1 is 1.17 bits per heavy atom. The molecule has 148 valence electrons. The minimum absolute atomic E-state index is 0.0865. The number of nitrogens with one attached hydrogen (secondary N) is 1. The fourth-order valence-corrected chi connectivity index (χ4v) is 4.13. The number of carbonyl (C=O) groups excluding carboxylic acids is 2. The van der Waals surface area contributed by atoms with Crippen molar-refractivity contribution >= 4 is 46.0 Å². The molecular formula is C22H22N4O2S. The smallest absolute Gasteiger partial charge is 0.259 e. The number of rotatable bonds is 4. The summed E-state index contributed by atoms with van der Waals surface area (Å²) in [7, 11) is 0. The normalized spacial score (nSPS) is 17.6. The predicted molar refractivity (Wildman–Crippen MR) is 118 cm³/mol. The molecule has 29 heavy (non-hydrogen) atoms. The maximum atomic E-state index is 13.0. The van der Waals surface area contributed by atoms with Gasteiger partial charge in [-0.3, -0.25) is 14.6 Å². The highest BCUT2D eigenvalue weighted by molar-refractivity contribution is 8.14. The SMILES string of the molecule is Cc1ccccc1NC(=O)CSC1=Nc2ccccc2C2=N[C@H](C(C)C)C(=O)N12. The number of hydrogen-bond acceptors (Lipinski definition) is 5. The van der Waals surface area contributed by atoms with E-state index < -0.39 is 6.04 Å². The fourth-order valence-electron chi connectivity index (χ4n) is 3.33. The highest BCUT2D eigenvalue weighted by Crippen LogP contribution is 2.34. The molecule has 0 saturated heterocycles. The second-order valence-corrected chi connectivity index (χ2v) is 8.32. The van der Waals surface area contributed by atoms with Crippen molar-refractivity contribution in [2.45, 2.75) is 26.8 Å². The molecule has 0 spiro atoms. The van der Waals surface area contributed by atoms with Gasteiger partial charge in [-0.05, 0) is 36.6 Å². The first-order chi connectivity index (χ1) is 14.0. The molecule has 2 heterocycles. The van der Waals surface area contributed by atoms with Crippen LogP contribution in [0.25, 0.3) is 0 Å². The second kappa shape index (κ2) is 7.83. The summed E-state index contributed by atoms with van der Waals surface area (Å²) in [5.74, 6) is 0.634. The topological polar surface area (TPSA) is 74.1 Å². The van der Waals surface area contributed by atoms with Crippen LogP contribution >= 0.6 is 11.8 Å². The zero-order valence-corrected chi connectivity index (χ0v) is 17.4. The summed E-state index contributed by atoms with van der Waals surface area (Å²) < 4.78 is 0. The number of carbonyl (C=O) groups is 2. The summed E-state index contributed by atoms with van der Waals surface area (Å²) in [6.45, 7) is 5.91. The van der Waals surface area contributed by atoms with Crippen molar-refractivity contribution < 1.29 is 9.59 Å². The molecule has 1 N–H and O–H groups in total. The van der Waals surface area contributed by atoms with Crippen LogP contribution in [-0.4, -0.2) is 39.5 Å². The third kappa shape index (κ3) is 3.70. The van der Waals surface area contributed by atoms with Crippen LogP contribution in [0.3, 0.4) is 0 Å². The van der Waals surface area contributed by atoms with Crippen LogP contribution in [0, 0.1) is 12.8 Å². The summed E-state index contributed by atoms with van der Waals surface area (Å²) >= 11 is 1.25. The van der Waals surface area contributed by atoms with E-state index in [1.54, 1.807) is 4.90 Å². The molecule has 2 aliphatic heterocycles. The van der Waals surface area contributed by atoms with Gasteiger partial charge in [-0.1, -0.05) is 55.9 Å². The lowest BCUT2D eigenvalue weighted by molar-refractivity contribution is -0.125. The van der Waals surface area contributed by atoms with Gasteiger partial charge in [0.2, 0.25) is 5.91 Å². The zero-order chi connectivity index (χ0) is 20.5. The van der Waals surface area contributed by atoms with Crippen LogP contribution in [0.4, 0.5) is 11.4 Å². The third-order valence-electron chi connectivity index (χ3n) is 4.88. The van der Waals surface area contributed by atoms with Crippen molar-refractivity contribution in [2.75, 3.05) is 11.1 Å². The number of fused-ring (bicyclic) bond motifs is 3. The van der Waals surface area contributed by atoms with Crippen molar-refractivity contribution in [1.82, 2.24) is 4.90 Å². The van der Waals surface area contributed by atoms with Gasteiger partial charge in [0.1, 0.15) is 11.9 Å². The minimum atomic E-state index is -0.428. The predicted octanol–water partition coefficient (Wildman–Crippen LogP) is 3.98. The quantitative estimate of drug-likeness (QED) is 0.835. The maximum Gasteiger partial charge on any atom is 0.259 e. The second-order valence-electron chi connectivity index (χ2n) is 7.38. The van der Waals surface area contributed by atoms with Gasteiger partial charge in [-0.2, -0.15) is 0 Å². The average molecular weight is 407 g/mol. The molecule has 0 unspecified atom stereocenters. The summed E-state index contributed by atoms with van der Waals surface area (Å²) in [6, 6.07) is 14.8. The highest BCUT2D eigenvalue weighted by atomic mass is 32.2. The molecule has 0 aromatic heterocycles. The van der Waals surface area contributed by atoms with Crippen molar-refractivity contribution in [1.29, 1.82) is 0 Å². The Balaban J connectivity index is 1.56. The fraction of sp³-hybridized carbons (Fsp3) is 0.273. The third-order valence-corrected chi connectivity index (χ3v) is 5.82. The Kier molecular flexibility index (Phi) is 5.24. The van der Waals surface area contributed by atoms with E-state index in [4.69, 9.17) is 0 Å². The van der Waals surface area contributed by atoms with Crippen LogP contribution in [0.1, 0.15) is 25.0 Å². The van der Waals surface area contributed by atoms with Gasteiger partial charge in [0.15, 0.2) is 5.17 Å². The van der Waals surface area contributed by atoms with Gasteiger partial charge in [0.25, 0.3) is 5.91 Å². The maximum absolute atomic E-state index is 13.0. The number of aliphatic imine (C=N–C) groups is 2. The van der Waals surface area contributed by atoms with E-state index in [-0.39, 0.29) is 23.5 Å². The molecule has 0 fully saturated rings. The van der Waals surface area contributed by atoms with Crippen molar-refractivity contribution in [3.8, 4) is 0 Å². The number of hydrogen-bond donors (Lipinski definition) is 1. The van der Waals surface area contributed by atoms with E-state index in [0.717, 1.165) is 22.5 Å². The number of anilines is 1. The van der Waals surface area contributed by atoms with E-state index in [9.17, 15) is 9.59 Å². The number of amidine groups is 2. The molecule has 7 heteroatoms. The Morgan fingerprint density at radius 3 is 2.66 bits per heavy atom. The van der Waals surface area contributed by atoms with Crippen LogP contribution < -0.4 is 5.32 Å². The van der Waals surface area contributed by atoms with Gasteiger partial charge in [-0.15, -0.1) is 0 Å². The molecule has 0 aliphatic carbocycles. The first-order valence-electron chi connectivity index (χ1n) is 9.54. The zero-order valence-electron chi connectivity index (χ0n) is 16.5. The van der Waals surface area contributed by atoms with Crippen LogP contribution in [-0.2, 0) is 9.59 Å². The number of nitrogens with zero attached hydrogens (tertiary/aromatic N) is 3. The molecule has 2 aromatic carbocycles. The Bertz CT molecular complexity index is 1040. The van der Waals surface area contributed by atoms with Crippen LogP contribution in [0.15, 0.2) is 58.5 Å². The largest absolute Gasteiger partial charge is 0.325 e. The van der Waals surface area contributed by atoms with E-state index in [2.05, 4.69) is 15.3 Å². The molecule has 6 nitrogen and oxygen atoms in total. The lowest BCUT2D eigenvalue weighted by Crippen LogP contribution is -2.42. The molecular weight excluding hydrogens is 384 g/mol. The molecule has 4 rings (SSSR count). The molecule has 2 aromatic rings. The highest BCUT2D eigenvalue weighted by Gasteiger charge is 2.42. The first-order valence-corrected chi connectivity index (χ1v) is 10.5. The lowest BCUT2D eigenvalue weighted by atomic mass is 10.1. The van der Waals surface area contributed by atoms with E-state index >= 15 is 0 Å². The average Bonchev–Trinajstić information content (AvgIpc) is 3.06. The summed E-state index contributed by atoms with van der Waals surface area (Å²) in [5, 5.41) is 3.41. The number of benzene rings is 2. The Labute approximate surface area is 174 Å². The lowest BCUT2D eigenvalue weighted by Gasteiger charge is -2.25. The Hall–Kier alpha value is -2.93. The van der Waals surface area contributed by atoms with Gasteiger partial charge >= 0.3 is 0 Å². The molecule has 0 bridgehead atoms. The minimum Gasteiger partial charge on any atom is -0.325 e. The number of para-hydroxylation sites is 2. The molecule has 2 amide bonds. The van der Waals surface area contributed by atoms with Crippen molar-refractivity contribution in [3.63, 3.8) is 0 Å². The van der Waals surface area contributed by atoms with Crippen molar-refractivity contribution in [3.05, 3.63) is 59.7 Å². The molecule has 1 atom stereocenters. The van der Waals surface area contributed by atoms with Gasteiger partial charge in [0, 0.05) is 11.3 Å². The first kappa shape index (κ1) is 19.4. The van der Waals surface area contributed by atoms with Crippen LogP contribution in [0.5, 0.6) is 0 Å². The number of thioether (sulfide) groups is 1. The number of aryl methyl sites for hydroxylation is 1. The summed E-state index contributed by atoms with van der Waals surface area (Å²) in [5.41, 5.74) is 3.39.